The summed E-state index contributed by atoms with van der Waals surface area (Å²) in [7, 11) is 0. The van der Waals surface area contributed by atoms with E-state index in [1.165, 1.54) is 12.1 Å². The van der Waals surface area contributed by atoms with E-state index in [1.54, 1.807) is 32.0 Å². The summed E-state index contributed by atoms with van der Waals surface area (Å²) in [4.78, 5) is 13.2. The Hall–Kier alpha value is -2.91. The van der Waals surface area contributed by atoms with E-state index in [9.17, 15) is 18.0 Å². The number of anilines is 1. The molecule has 2 N–H and O–H groups in total. The van der Waals surface area contributed by atoms with E-state index >= 15 is 0 Å². The number of hydrogen-bond donors (Lipinski definition) is 2. The number of hydrogen-bond acceptors (Lipinski definition) is 4. The molecule has 1 aromatic carbocycles. The second-order valence-corrected chi connectivity index (χ2v) is 8.11. The van der Waals surface area contributed by atoms with Crippen molar-refractivity contribution in [2.75, 3.05) is 5.32 Å². The molecule has 0 radical (unpaired) electrons. The second kappa shape index (κ2) is 8.22. The number of nitrogens with zero attached hydrogens (tertiary/aromatic N) is 2. The van der Waals surface area contributed by atoms with Gasteiger partial charge in [0, 0.05) is 11.8 Å². The summed E-state index contributed by atoms with van der Waals surface area (Å²) in [6.07, 6.45) is -4.65. The number of fused-ring (bicyclic) bond motifs is 1. The Bertz CT molecular complexity index is 1230. The van der Waals surface area contributed by atoms with Crippen molar-refractivity contribution in [2.45, 2.75) is 32.6 Å². The molecule has 1 aliphatic rings. The van der Waals surface area contributed by atoms with Crippen LogP contribution in [-0.4, -0.2) is 15.7 Å². The topological polar surface area (TPSA) is 72.1 Å². The van der Waals surface area contributed by atoms with Gasteiger partial charge in [-0.15, -0.1) is 0 Å². The molecular formula is C21H17Cl2F3N4O2. The van der Waals surface area contributed by atoms with E-state index in [0.717, 1.165) is 10.7 Å². The van der Waals surface area contributed by atoms with Crippen LogP contribution in [0.15, 0.2) is 52.1 Å². The first kappa shape index (κ1) is 22.3. The van der Waals surface area contributed by atoms with E-state index in [0.29, 0.717) is 22.8 Å². The molecule has 4 rings (SSSR count). The summed E-state index contributed by atoms with van der Waals surface area (Å²) in [6.45, 7) is 3.50. The maximum Gasteiger partial charge on any atom is 0.435 e. The molecule has 1 unspecified atom stereocenters. The highest BCUT2D eigenvalue weighted by Gasteiger charge is 2.39. The minimum atomic E-state index is -4.65. The highest BCUT2D eigenvalue weighted by molar-refractivity contribution is 6.42. The average molecular weight is 485 g/mol. The molecule has 0 aliphatic carbocycles. The highest BCUT2D eigenvalue weighted by Crippen LogP contribution is 2.40. The second-order valence-electron chi connectivity index (χ2n) is 7.29. The predicted molar refractivity (Wildman–Crippen MR) is 113 cm³/mol. The molecule has 168 valence electrons. The van der Waals surface area contributed by atoms with Crippen LogP contribution in [0, 0.1) is 6.92 Å². The number of rotatable bonds is 4. The van der Waals surface area contributed by atoms with Gasteiger partial charge in [-0.1, -0.05) is 29.3 Å². The van der Waals surface area contributed by atoms with Crippen molar-refractivity contribution < 1.29 is 22.4 Å². The first-order valence-corrected chi connectivity index (χ1v) is 10.2. The van der Waals surface area contributed by atoms with Crippen LogP contribution < -0.4 is 10.6 Å². The third-order valence-electron chi connectivity index (χ3n) is 4.99. The molecular weight excluding hydrogens is 468 g/mol. The number of amides is 1. The largest absolute Gasteiger partial charge is 0.465 e. The summed E-state index contributed by atoms with van der Waals surface area (Å²) in [5.74, 6) is 0.848. The molecule has 0 bridgehead atoms. The van der Waals surface area contributed by atoms with E-state index in [-0.39, 0.29) is 28.0 Å². The van der Waals surface area contributed by atoms with Gasteiger partial charge in [0.2, 0.25) is 0 Å². The maximum atomic E-state index is 13.3. The van der Waals surface area contributed by atoms with Gasteiger partial charge in [0.15, 0.2) is 5.69 Å². The normalized spacial score (nSPS) is 16.0. The van der Waals surface area contributed by atoms with E-state index in [1.807, 2.05) is 0 Å². The number of allylic oxidation sites excluding steroid dienone is 1. The van der Waals surface area contributed by atoms with Crippen molar-refractivity contribution in [3.8, 4) is 0 Å². The molecule has 1 atom stereocenters. The van der Waals surface area contributed by atoms with Gasteiger partial charge in [0.1, 0.15) is 23.4 Å². The Kier molecular flexibility index (Phi) is 5.72. The lowest BCUT2D eigenvalue weighted by molar-refractivity contribution is -0.141. The first-order chi connectivity index (χ1) is 15.0. The van der Waals surface area contributed by atoms with E-state index < -0.39 is 23.8 Å². The molecule has 6 nitrogen and oxygen atoms in total. The SMILES string of the molecule is CC1=C(C(=O)NCc2ccc(C)o2)C(c2ccc(Cl)c(Cl)c2)n2nc(C(F)(F)F)cc2N1. The number of alkyl halides is 3. The molecule has 1 amide bonds. The fourth-order valence-electron chi connectivity index (χ4n) is 3.54. The number of aryl methyl sites for hydroxylation is 1. The van der Waals surface area contributed by atoms with Crippen LogP contribution >= 0.6 is 23.2 Å². The molecule has 0 spiro atoms. The standard InChI is InChI=1S/C21H17Cl2F3N4O2/c1-10-3-5-13(32-10)9-27-20(31)18-11(2)28-17-8-16(21(24,25)26)29-30(17)19(18)12-4-6-14(22)15(23)7-12/h3-8,19,28H,9H2,1-2H3,(H,27,31). The molecule has 2 aromatic heterocycles. The Morgan fingerprint density at radius 2 is 1.94 bits per heavy atom. The van der Waals surface area contributed by atoms with Crippen LogP contribution in [0.2, 0.25) is 10.0 Å². The summed E-state index contributed by atoms with van der Waals surface area (Å²) < 4.78 is 46.6. The zero-order valence-electron chi connectivity index (χ0n) is 16.8. The van der Waals surface area contributed by atoms with Crippen molar-refractivity contribution in [3.05, 3.63) is 80.5 Å². The molecule has 0 fully saturated rings. The Morgan fingerprint density at radius 3 is 2.56 bits per heavy atom. The summed E-state index contributed by atoms with van der Waals surface area (Å²) in [5.41, 5.74) is -0.0470. The lowest BCUT2D eigenvalue weighted by Gasteiger charge is -2.29. The van der Waals surface area contributed by atoms with Crippen molar-refractivity contribution in [1.82, 2.24) is 15.1 Å². The van der Waals surface area contributed by atoms with Crippen molar-refractivity contribution >= 4 is 34.9 Å². The molecule has 11 heteroatoms. The van der Waals surface area contributed by atoms with Crippen LogP contribution in [0.5, 0.6) is 0 Å². The van der Waals surface area contributed by atoms with Gasteiger partial charge in [0.25, 0.3) is 5.91 Å². The summed E-state index contributed by atoms with van der Waals surface area (Å²) >= 11 is 12.2. The van der Waals surface area contributed by atoms with Crippen LogP contribution in [0.3, 0.4) is 0 Å². The van der Waals surface area contributed by atoms with Crippen LogP contribution in [0.4, 0.5) is 19.0 Å². The van der Waals surface area contributed by atoms with E-state index in [4.69, 9.17) is 27.6 Å². The quantitative estimate of drug-likeness (QED) is 0.496. The lowest BCUT2D eigenvalue weighted by Crippen LogP contribution is -2.34. The molecule has 0 saturated heterocycles. The Labute approximate surface area is 191 Å². The van der Waals surface area contributed by atoms with Crippen LogP contribution in [-0.2, 0) is 17.5 Å². The van der Waals surface area contributed by atoms with Gasteiger partial charge in [-0.25, -0.2) is 4.68 Å². The highest BCUT2D eigenvalue weighted by atomic mass is 35.5. The number of furan rings is 1. The van der Waals surface area contributed by atoms with Crippen LogP contribution in [0.25, 0.3) is 0 Å². The predicted octanol–water partition coefficient (Wildman–Crippen LogP) is 5.72. The lowest BCUT2D eigenvalue weighted by atomic mass is 9.95. The minimum absolute atomic E-state index is 0.101. The van der Waals surface area contributed by atoms with Gasteiger partial charge in [0.05, 0.1) is 22.2 Å². The van der Waals surface area contributed by atoms with Crippen molar-refractivity contribution in [2.24, 2.45) is 0 Å². The van der Waals surface area contributed by atoms with Gasteiger partial charge in [-0.2, -0.15) is 18.3 Å². The number of nitrogens with one attached hydrogen (secondary N) is 2. The average Bonchev–Trinajstić information content (AvgIpc) is 3.33. The third kappa shape index (κ3) is 4.22. The fourth-order valence-corrected chi connectivity index (χ4v) is 3.84. The molecule has 3 aromatic rings. The summed E-state index contributed by atoms with van der Waals surface area (Å²) in [5, 5.41) is 9.83. The third-order valence-corrected chi connectivity index (χ3v) is 5.73. The number of carbonyl (C=O) groups is 1. The molecule has 0 saturated carbocycles. The number of benzene rings is 1. The van der Waals surface area contributed by atoms with Gasteiger partial charge >= 0.3 is 6.18 Å². The summed E-state index contributed by atoms with van der Waals surface area (Å²) in [6, 6.07) is 8.05. The molecule has 32 heavy (non-hydrogen) atoms. The van der Waals surface area contributed by atoms with Gasteiger partial charge in [-0.05, 0) is 43.7 Å². The first-order valence-electron chi connectivity index (χ1n) is 9.47. The van der Waals surface area contributed by atoms with Crippen molar-refractivity contribution in [1.29, 1.82) is 0 Å². The number of carbonyl (C=O) groups excluding carboxylic acids is 1. The smallest absolute Gasteiger partial charge is 0.435 e. The minimum Gasteiger partial charge on any atom is -0.465 e. The zero-order chi connectivity index (χ0) is 23.2. The maximum absolute atomic E-state index is 13.3. The van der Waals surface area contributed by atoms with Gasteiger partial charge in [-0.3, -0.25) is 4.79 Å². The Balaban J connectivity index is 1.76. The van der Waals surface area contributed by atoms with Gasteiger partial charge < -0.3 is 15.1 Å². The molecule has 3 heterocycles. The monoisotopic (exact) mass is 484 g/mol. The van der Waals surface area contributed by atoms with Crippen molar-refractivity contribution in [3.63, 3.8) is 0 Å². The fraction of sp³-hybridized carbons (Fsp3) is 0.238. The van der Waals surface area contributed by atoms with E-state index in [2.05, 4.69) is 15.7 Å². The zero-order valence-corrected chi connectivity index (χ0v) is 18.4. The van der Waals surface area contributed by atoms with Crippen LogP contribution in [0.1, 0.15) is 35.7 Å². The molecule has 1 aliphatic heterocycles. The number of halogens is 5. The number of aromatic nitrogens is 2. The Morgan fingerprint density at radius 1 is 1.19 bits per heavy atom.